The molecule has 102 valence electrons. The molecule has 0 unspecified atom stereocenters. The van der Waals surface area contributed by atoms with E-state index in [1.807, 2.05) is 60.7 Å². The molecule has 0 heterocycles. The van der Waals surface area contributed by atoms with Crippen LogP contribution in [-0.4, -0.2) is 18.8 Å². The zero-order valence-corrected chi connectivity index (χ0v) is 11.4. The lowest BCUT2D eigenvalue weighted by Crippen LogP contribution is -2.07. The molecule has 0 saturated carbocycles. The molecule has 0 bridgehead atoms. The van der Waals surface area contributed by atoms with Crippen LogP contribution in [0.1, 0.15) is 24.1 Å². The summed E-state index contributed by atoms with van der Waals surface area (Å²) in [4.78, 5) is 15.8. The van der Waals surface area contributed by atoms with E-state index in [1.165, 1.54) is 6.21 Å². The number of nitrogens with zero attached hydrogens (tertiary/aromatic N) is 1. The molecule has 20 heavy (non-hydrogen) atoms. The van der Waals surface area contributed by atoms with Gasteiger partial charge in [-0.1, -0.05) is 60.7 Å². The highest BCUT2D eigenvalue weighted by Crippen LogP contribution is 2.25. The van der Waals surface area contributed by atoms with E-state index in [9.17, 15) is 4.79 Å². The Morgan fingerprint density at radius 2 is 1.55 bits per heavy atom. The zero-order valence-electron chi connectivity index (χ0n) is 11.4. The summed E-state index contributed by atoms with van der Waals surface area (Å²) in [7, 11) is 0. The largest absolute Gasteiger partial charge is 0.462 e. The minimum Gasteiger partial charge on any atom is -0.462 e. The van der Waals surface area contributed by atoms with Gasteiger partial charge in [0, 0.05) is 0 Å². The fourth-order valence-corrected chi connectivity index (χ4v) is 1.95. The average Bonchev–Trinajstić information content (AvgIpc) is 2.50. The SMILES string of the molecule is CCOC(=O)/C=N/C(c1ccccc1)c1ccccc1. The third-order valence-corrected chi connectivity index (χ3v) is 2.85. The van der Waals surface area contributed by atoms with Gasteiger partial charge in [0.1, 0.15) is 12.3 Å². The normalized spacial score (nSPS) is 10.9. The van der Waals surface area contributed by atoms with Crippen LogP contribution in [0.2, 0.25) is 0 Å². The smallest absolute Gasteiger partial charge is 0.348 e. The van der Waals surface area contributed by atoms with Gasteiger partial charge in [-0.3, -0.25) is 4.99 Å². The second-order valence-corrected chi connectivity index (χ2v) is 4.25. The molecular formula is C17H17NO2. The summed E-state index contributed by atoms with van der Waals surface area (Å²) in [5.74, 6) is -0.413. The summed E-state index contributed by atoms with van der Waals surface area (Å²) in [6, 6.07) is 19.6. The van der Waals surface area contributed by atoms with Crippen molar-refractivity contribution in [3.05, 3.63) is 71.8 Å². The lowest BCUT2D eigenvalue weighted by molar-refractivity contribution is -0.134. The van der Waals surface area contributed by atoms with Crippen LogP contribution in [0.4, 0.5) is 0 Å². The molecule has 0 atom stereocenters. The Balaban J connectivity index is 2.28. The van der Waals surface area contributed by atoms with Crippen LogP contribution in [0.25, 0.3) is 0 Å². The van der Waals surface area contributed by atoms with E-state index < -0.39 is 5.97 Å². The summed E-state index contributed by atoms with van der Waals surface area (Å²) in [6.45, 7) is 2.13. The van der Waals surface area contributed by atoms with Gasteiger partial charge in [-0.15, -0.1) is 0 Å². The summed E-state index contributed by atoms with van der Waals surface area (Å²) >= 11 is 0. The molecular weight excluding hydrogens is 250 g/mol. The van der Waals surface area contributed by atoms with Crippen LogP contribution in [0.5, 0.6) is 0 Å². The summed E-state index contributed by atoms with van der Waals surface area (Å²) in [5, 5.41) is 0. The molecule has 2 aromatic carbocycles. The second kappa shape index (κ2) is 7.24. The standard InChI is InChI=1S/C17H17NO2/c1-2-20-16(19)13-18-17(14-9-5-3-6-10-14)15-11-7-4-8-12-15/h3-13,17H,2H2,1H3/b18-13+. The van der Waals surface area contributed by atoms with Gasteiger partial charge in [0.05, 0.1) is 6.61 Å². The fraction of sp³-hybridized carbons (Fsp3) is 0.176. The number of carbonyl (C=O) groups excluding carboxylic acids is 1. The van der Waals surface area contributed by atoms with E-state index in [0.29, 0.717) is 6.61 Å². The van der Waals surface area contributed by atoms with Gasteiger partial charge in [0.15, 0.2) is 0 Å². The van der Waals surface area contributed by atoms with Crippen molar-refractivity contribution in [3.63, 3.8) is 0 Å². The Morgan fingerprint density at radius 1 is 1.05 bits per heavy atom. The van der Waals surface area contributed by atoms with Crippen molar-refractivity contribution in [2.45, 2.75) is 13.0 Å². The number of carbonyl (C=O) groups is 1. The number of ether oxygens (including phenoxy) is 1. The predicted molar refractivity (Wildman–Crippen MR) is 79.9 cm³/mol. The minimum atomic E-state index is -0.413. The van der Waals surface area contributed by atoms with Crippen LogP contribution >= 0.6 is 0 Å². The number of aliphatic imine (C=N–C) groups is 1. The number of hydrogen-bond acceptors (Lipinski definition) is 3. The van der Waals surface area contributed by atoms with Crippen molar-refractivity contribution < 1.29 is 9.53 Å². The van der Waals surface area contributed by atoms with E-state index in [0.717, 1.165) is 11.1 Å². The van der Waals surface area contributed by atoms with E-state index in [4.69, 9.17) is 4.74 Å². The maximum Gasteiger partial charge on any atom is 0.348 e. The van der Waals surface area contributed by atoms with Gasteiger partial charge in [0.2, 0.25) is 0 Å². The van der Waals surface area contributed by atoms with Gasteiger partial charge < -0.3 is 4.74 Å². The monoisotopic (exact) mass is 267 g/mol. The van der Waals surface area contributed by atoms with Crippen molar-refractivity contribution in [3.8, 4) is 0 Å². The number of rotatable bonds is 5. The molecule has 0 fully saturated rings. The number of benzene rings is 2. The molecule has 0 N–H and O–H groups in total. The van der Waals surface area contributed by atoms with Gasteiger partial charge in [-0.05, 0) is 18.1 Å². The molecule has 0 radical (unpaired) electrons. The van der Waals surface area contributed by atoms with Gasteiger partial charge in [-0.2, -0.15) is 0 Å². The van der Waals surface area contributed by atoms with Crippen molar-refractivity contribution >= 4 is 12.2 Å². The van der Waals surface area contributed by atoms with Crippen molar-refractivity contribution in [1.29, 1.82) is 0 Å². The van der Waals surface area contributed by atoms with Crippen LogP contribution in [0.15, 0.2) is 65.7 Å². The molecule has 0 aliphatic heterocycles. The average molecular weight is 267 g/mol. The Morgan fingerprint density at radius 3 is 2.00 bits per heavy atom. The zero-order chi connectivity index (χ0) is 14.2. The summed E-state index contributed by atoms with van der Waals surface area (Å²) in [6.07, 6.45) is 1.26. The maximum absolute atomic E-state index is 11.4. The maximum atomic E-state index is 11.4. The Kier molecular flexibility index (Phi) is 5.07. The van der Waals surface area contributed by atoms with E-state index in [1.54, 1.807) is 6.92 Å². The first-order chi connectivity index (χ1) is 9.81. The Bertz CT molecular complexity index is 525. The highest BCUT2D eigenvalue weighted by atomic mass is 16.5. The molecule has 0 spiro atoms. The Labute approximate surface area is 118 Å². The van der Waals surface area contributed by atoms with E-state index in [2.05, 4.69) is 4.99 Å². The van der Waals surface area contributed by atoms with Crippen LogP contribution in [0, 0.1) is 0 Å². The Hall–Kier alpha value is -2.42. The molecule has 2 aromatic rings. The first kappa shape index (κ1) is 14.0. The van der Waals surface area contributed by atoms with E-state index >= 15 is 0 Å². The van der Waals surface area contributed by atoms with Gasteiger partial charge >= 0.3 is 5.97 Å². The third-order valence-electron chi connectivity index (χ3n) is 2.85. The van der Waals surface area contributed by atoms with Crippen LogP contribution in [0.3, 0.4) is 0 Å². The summed E-state index contributed by atoms with van der Waals surface area (Å²) in [5.41, 5.74) is 2.08. The lowest BCUT2D eigenvalue weighted by atomic mass is 9.99. The quantitative estimate of drug-likeness (QED) is 0.615. The molecule has 0 aliphatic carbocycles. The van der Waals surface area contributed by atoms with Crippen LogP contribution in [-0.2, 0) is 9.53 Å². The number of esters is 1. The fourth-order valence-electron chi connectivity index (χ4n) is 1.95. The topological polar surface area (TPSA) is 38.7 Å². The molecule has 3 nitrogen and oxygen atoms in total. The molecule has 2 rings (SSSR count). The second-order valence-electron chi connectivity index (χ2n) is 4.25. The first-order valence-electron chi connectivity index (χ1n) is 6.61. The highest BCUT2D eigenvalue weighted by molar-refractivity contribution is 6.23. The minimum absolute atomic E-state index is 0.193. The van der Waals surface area contributed by atoms with Gasteiger partial charge in [-0.25, -0.2) is 4.79 Å². The number of hydrogen-bond donors (Lipinski definition) is 0. The molecule has 0 amide bonds. The molecule has 3 heteroatoms. The summed E-state index contributed by atoms with van der Waals surface area (Å²) < 4.78 is 4.88. The third kappa shape index (κ3) is 3.79. The van der Waals surface area contributed by atoms with Crippen molar-refractivity contribution in [2.24, 2.45) is 4.99 Å². The predicted octanol–water partition coefficient (Wildman–Crippen LogP) is 3.41. The molecule has 0 aromatic heterocycles. The van der Waals surface area contributed by atoms with Crippen molar-refractivity contribution in [2.75, 3.05) is 6.61 Å². The highest BCUT2D eigenvalue weighted by Gasteiger charge is 2.12. The van der Waals surface area contributed by atoms with Crippen molar-refractivity contribution in [1.82, 2.24) is 0 Å². The first-order valence-corrected chi connectivity index (χ1v) is 6.61. The molecule has 0 saturated heterocycles. The van der Waals surface area contributed by atoms with Crippen LogP contribution < -0.4 is 0 Å². The van der Waals surface area contributed by atoms with Gasteiger partial charge in [0.25, 0.3) is 0 Å². The lowest BCUT2D eigenvalue weighted by Gasteiger charge is -2.13. The van der Waals surface area contributed by atoms with E-state index in [-0.39, 0.29) is 6.04 Å². The molecule has 0 aliphatic rings.